The van der Waals surface area contributed by atoms with Crippen molar-refractivity contribution in [3.8, 4) is 0 Å². The minimum atomic E-state index is -0.168. The minimum absolute atomic E-state index is 0.134. The van der Waals surface area contributed by atoms with Gasteiger partial charge in [0.05, 0.1) is 12.5 Å². The van der Waals surface area contributed by atoms with Crippen molar-refractivity contribution in [2.75, 3.05) is 19.7 Å². The predicted octanol–water partition coefficient (Wildman–Crippen LogP) is 2.73. The van der Waals surface area contributed by atoms with Crippen molar-refractivity contribution in [2.24, 2.45) is 5.92 Å². The third-order valence-electron chi connectivity index (χ3n) is 4.14. The zero-order valence-corrected chi connectivity index (χ0v) is 13.5. The van der Waals surface area contributed by atoms with Gasteiger partial charge in [-0.05, 0) is 38.7 Å². The van der Waals surface area contributed by atoms with Gasteiger partial charge in [-0.25, -0.2) is 0 Å². The summed E-state index contributed by atoms with van der Waals surface area (Å²) in [6.45, 7) is 5.52. The van der Waals surface area contributed by atoms with Gasteiger partial charge in [-0.15, -0.1) is 0 Å². The number of likely N-dealkylation sites (tertiary alicyclic amines) is 1. The van der Waals surface area contributed by atoms with E-state index in [1.54, 1.807) is 0 Å². The number of nitrogens with zero attached hydrogens (tertiary/aromatic N) is 1. The summed E-state index contributed by atoms with van der Waals surface area (Å²) in [5, 5.41) is 0. The summed E-state index contributed by atoms with van der Waals surface area (Å²) in [5.41, 5.74) is 2.40. The molecular formula is C18H25NO3. The quantitative estimate of drug-likeness (QED) is 0.786. The molecule has 1 atom stereocenters. The van der Waals surface area contributed by atoms with E-state index in [1.165, 1.54) is 11.1 Å². The molecule has 1 heterocycles. The largest absolute Gasteiger partial charge is 0.466 e. The molecule has 1 aromatic carbocycles. The van der Waals surface area contributed by atoms with Crippen LogP contribution in [0.5, 0.6) is 0 Å². The normalized spacial score (nSPS) is 18.1. The standard InChI is InChI=1S/C18H25NO3/c1-3-22-18(21)16-5-4-12-19(13-16)17(20)11-10-15-8-6-14(2)7-9-15/h6-9,16H,3-5,10-13H2,1-2H3. The fourth-order valence-corrected chi connectivity index (χ4v) is 2.82. The Hall–Kier alpha value is -1.84. The van der Waals surface area contributed by atoms with Gasteiger partial charge in [0, 0.05) is 19.5 Å². The lowest BCUT2D eigenvalue weighted by Gasteiger charge is -2.31. The van der Waals surface area contributed by atoms with Crippen LogP contribution in [0.4, 0.5) is 0 Å². The molecule has 1 fully saturated rings. The summed E-state index contributed by atoms with van der Waals surface area (Å²) in [6.07, 6.45) is 2.94. The summed E-state index contributed by atoms with van der Waals surface area (Å²) in [6, 6.07) is 8.27. The van der Waals surface area contributed by atoms with Crippen LogP contribution in [0.1, 0.15) is 37.3 Å². The number of ether oxygens (including phenoxy) is 1. The van der Waals surface area contributed by atoms with E-state index >= 15 is 0 Å². The van der Waals surface area contributed by atoms with Crippen LogP contribution in [0.15, 0.2) is 24.3 Å². The minimum Gasteiger partial charge on any atom is -0.466 e. The van der Waals surface area contributed by atoms with Gasteiger partial charge in [0.25, 0.3) is 0 Å². The van der Waals surface area contributed by atoms with E-state index in [9.17, 15) is 9.59 Å². The van der Waals surface area contributed by atoms with Crippen LogP contribution < -0.4 is 0 Å². The van der Waals surface area contributed by atoms with E-state index in [2.05, 4.69) is 31.2 Å². The molecule has 2 rings (SSSR count). The van der Waals surface area contributed by atoms with Crippen LogP contribution >= 0.6 is 0 Å². The molecule has 4 nitrogen and oxygen atoms in total. The van der Waals surface area contributed by atoms with Gasteiger partial charge in [0.2, 0.25) is 5.91 Å². The van der Waals surface area contributed by atoms with Gasteiger partial charge in [0.15, 0.2) is 0 Å². The SMILES string of the molecule is CCOC(=O)C1CCCN(C(=O)CCc2ccc(C)cc2)C1. The fraction of sp³-hybridized carbons (Fsp3) is 0.556. The Morgan fingerprint density at radius 1 is 1.27 bits per heavy atom. The Kier molecular flexibility index (Phi) is 5.99. The molecule has 1 unspecified atom stereocenters. The lowest BCUT2D eigenvalue weighted by Crippen LogP contribution is -2.42. The maximum absolute atomic E-state index is 12.3. The molecule has 0 aromatic heterocycles. The molecule has 0 bridgehead atoms. The molecule has 22 heavy (non-hydrogen) atoms. The third-order valence-corrected chi connectivity index (χ3v) is 4.14. The van der Waals surface area contributed by atoms with E-state index in [0.29, 0.717) is 19.6 Å². The van der Waals surface area contributed by atoms with Gasteiger partial charge in [-0.2, -0.15) is 0 Å². The molecule has 1 aromatic rings. The average molecular weight is 303 g/mol. The number of amides is 1. The van der Waals surface area contributed by atoms with E-state index in [4.69, 9.17) is 4.74 Å². The molecule has 0 aliphatic carbocycles. The van der Waals surface area contributed by atoms with Crippen molar-refractivity contribution in [3.05, 3.63) is 35.4 Å². The Balaban J connectivity index is 1.83. The molecule has 1 amide bonds. The van der Waals surface area contributed by atoms with Crippen LogP contribution in [-0.2, 0) is 20.7 Å². The topological polar surface area (TPSA) is 46.6 Å². The first-order valence-electron chi connectivity index (χ1n) is 8.10. The summed E-state index contributed by atoms with van der Waals surface area (Å²) < 4.78 is 5.07. The Bertz CT molecular complexity index is 510. The molecule has 0 radical (unpaired) electrons. The zero-order valence-electron chi connectivity index (χ0n) is 13.5. The van der Waals surface area contributed by atoms with Crippen molar-refractivity contribution in [1.29, 1.82) is 0 Å². The highest BCUT2D eigenvalue weighted by Crippen LogP contribution is 2.19. The highest BCUT2D eigenvalue weighted by atomic mass is 16.5. The van der Waals surface area contributed by atoms with Crippen LogP contribution in [0.3, 0.4) is 0 Å². The molecule has 0 spiro atoms. The van der Waals surface area contributed by atoms with Gasteiger partial charge in [-0.1, -0.05) is 29.8 Å². The number of hydrogen-bond donors (Lipinski definition) is 0. The second kappa shape index (κ2) is 7.97. The lowest BCUT2D eigenvalue weighted by atomic mass is 9.97. The Morgan fingerprint density at radius 3 is 2.68 bits per heavy atom. The van der Waals surface area contributed by atoms with Gasteiger partial charge in [-0.3, -0.25) is 9.59 Å². The summed E-state index contributed by atoms with van der Waals surface area (Å²) in [4.78, 5) is 26.0. The number of rotatable bonds is 5. The smallest absolute Gasteiger partial charge is 0.310 e. The van der Waals surface area contributed by atoms with Gasteiger partial charge in [0.1, 0.15) is 0 Å². The first-order valence-corrected chi connectivity index (χ1v) is 8.10. The highest BCUT2D eigenvalue weighted by Gasteiger charge is 2.28. The maximum atomic E-state index is 12.3. The second-order valence-electron chi connectivity index (χ2n) is 5.92. The van der Waals surface area contributed by atoms with Gasteiger partial charge < -0.3 is 9.64 Å². The highest BCUT2D eigenvalue weighted by molar-refractivity contribution is 5.78. The van der Waals surface area contributed by atoms with Crippen molar-refractivity contribution in [2.45, 2.75) is 39.5 Å². The number of aryl methyl sites for hydroxylation is 2. The van der Waals surface area contributed by atoms with E-state index in [-0.39, 0.29) is 17.8 Å². The van der Waals surface area contributed by atoms with E-state index in [0.717, 1.165) is 25.8 Å². The molecule has 1 aliphatic rings. The first kappa shape index (κ1) is 16.5. The number of carbonyl (C=O) groups is 2. The zero-order chi connectivity index (χ0) is 15.9. The summed E-state index contributed by atoms with van der Waals surface area (Å²) >= 11 is 0. The molecule has 4 heteroatoms. The monoisotopic (exact) mass is 303 g/mol. The van der Waals surface area contributed by atoms with Gasteiger partial charge >= 0.3 is 5.97 Å². The van der Waals surface area contributed by atoms with E-state index in [1.807, 2.05) is 11.8 Å². The molecular weight excluding hydrogens is 278 g/mol. The van der Waals surface area contributed by atoms with Crippen LogP contribution in [-0.4, -0.2) is 36.5 Å². The average Bonchev–Trinajstić information content (AvgIpc) is 2.54. The molecule has 1 aliphatic heterocycles. The third kappa shape index (κ3) is 4.58. The molecule has 1 saturated heterocycles. The number of carbonyl (C=O) groups excluding carboxylic acids is 2. The number of hydrogen-bond acceptors (Lipinski definition) is 3. The number of benzene rings is 1. The van der Waals surface area contributed by atoms with Crippen LogP contribution in [0.25, 0.3) is 0 Å². The van der Waals surface area contributed by atoms with E-state index < -0.39 is 0 Å². The molecule has 120 valence electrons. The molecule has 0 N–H and O–H groups in total. The summed E-state index contributed by atoms with van der Waals surface area (Å²) in [5.74, 6) is -0.190. The maximum Gasteiger partial charge on any atom is 0.310 e. The van der Waals surface area contributed by atoms with Crippen LogP contribution in [0.2, 0.25) is 0 Å². The van der Waals surface area contributed by atoms with Crippen molar-refractivity contribution < 1.29 is 14.3 Å². The van der Waals surface area contributed by atoms with Crippen molar-refractivity contribution in [3.63, 3.8) is 0 Å². The lowest BCUT2D eigenvalue weighted by molar-refractivity contribution is -0.151. The second-order valence-corrected chi connectivity index (χ2v) is 5.92. The predicted molar refractivity (Wildman–Crippen MR) is 85.4 cm³/mol. The first-order chi connectivity index (χ1) is 10.6. The van der Waals surface area contributed by atoms with Crippen LogP contribution in [0, 0.1) is 12.8 Å². The van der Waals surface area contributed by atoms with Crippen molar-refractivity contribution >= 4 is 11.9 Å². The Labute approximate surface area is 132 Å². The molecule has 0 saturated carbocycles. The fourth-order valence-electron chi connectivity index (χ4n) is 2.82. The number of esters is 1. The van der Waals surface area contributed by atoms with Crippen molar-refractivity contribution in [1.82, 2.24) is 4.90 Å². The Morgan fingerprint density at radius 2 is 2.00 bits per heavy atom. The summed E-state index contributed by atoms with van der Waals surface area (Å²) in [7, 11) is 0. The number of piperidine rings is 1.